The minimum absolute atomic E-state index is 0.114. The molecule has 0 bridgehead atoms. The van der Waals surface area contributed by atoms with Crippen molar-refractivity contribution in [3.8, 4) is 11.1 Å². The van der Waals surface area contributed by atoms with Crippen LogP contribution in [0.3, 0.4) is 0 Å². The van der Waals surface area contributed by atoms with Crippen LogP contribution >= 0.6 is 0 Å². The van der Waals surface area contributed by atoms with Crippen LogP contribution in [0.1, 0.15) is 72.4 Å². The van der Waals surface area contributed by atoms with E-state index in [1.54, 1.807) is 6.20 Å². The van der Waals surface area contributed by atoms with Crippen molar-refractivity contribution in [1.82, 2.24) is 10.3 Å². The molecule has 1 N–H and O–H groups in total. The first kappa shape index (κ1) is 28.2. The molecule has 0 unspecified atom stereocenters. The minimum atomic E-state index is -0.117. The van der Waals surface area contributed by atoms with Crippen molar-refractivity contribution in [3.63, 3.8) is 0 Å². The molecule has 0 saturated carbocycles. The molecule has 0 saturated heterocycles. The Morgan fingerprint density at radius 3 is 2.31 bits per heavy atom. The molecule has 0 fully saturated rings. The van der Waals surface area contributed by atoms with E-state index in [-0.39, 0.29) is 17.1 Å². The molecule has 0 aliphatic carbocycles. The number of pyridine rings is 1. The Labute approximate surface area is 231 Å². The van der Waals surface area contributed by atoms with Gasteiger partial charge in [0.2, 0.25) is 0 Å². The maximum atomic E-state index is 13.4. The lowest BCUT2D eigenvalue weighted by Crippen LogP contribution is -2.27. The summed E-state index contributed by atoms with van der Waals surface area (Å²) in [6.45, 7) is 10.00. The molecule has 39 heavy (non-hydrogen) atoms. The molecule has 4 rings (SSSR count). The third kappa shape index (κ3) is 7.61. The number of rotatable bonds is 11. The van der Waals surface area contributed by atoms with Crippen molar-refractivity contribution in [2.45, 2.75) is 47.0 Å². The van der Waals surface area contributed by atoms with Crippen LogP contribution in [0.25, 0.3) is 22.0 Å². The van der Waals surface area contributed by atoms with E-state index in [1.807, 2.05) is 54.6 Å². The number of fused-ring (bicyclic) bond motifs is 1. The van der Waals surface area contributed by atoms with Crippen LogP contribution < -0.4 is 5.32 Å². The van der Waals surface area contributed by atoms with Crippen LogP contribution in [-0.2, 0) is 11.2 Å². The highest BCUT2D eigenvalue weighted by molar-refractivity contribution is 6.02. The normalized spacial score (nSPS) is 11.5. The van der Waals surface area contributed by atoms with Crippen molar-refractivity contribution in [1.29, 1.82) is 0 Å². The number of Topliss-reactive ketones (excluding diaryl/α,β-unsaturated/α-hetero) is 1. The minimum Gasteiger partial charge on any atom is -0.380 e. The number of hydrogen-bond donors (Lipinski definition) is 1. The number of ether oxygens (including phenoxy) is 1. The topological polar surface area (TPSA) is 68.3 Å². The predicted octanol–water partition coefficient (Wildman–Crippen LogP) is 7.27. The molecule has 1 aromatic heterocycles. The average molecular weight is 523 g/mol. The molecular formula is C34H38N2O3. The van der Waals surface area contributed by atoms with Crippen molar-refractivity contribution < 1.29 is 14.3 Å². The molecule has 5 nitrogen and oxygen atoms in total. The summed E-state index contributed by atoms with van der Waals surface area (Å²) >= 11 is 0. The summed E-state index contributed by atoms with van der Waals surface area (Å²) < 4.78 is 5.43. The molecule has 0 radical (unpaired) electrons. The van der Waals surface area contributed by atoms with Crippen molar-refractivity contribution in [2.75, 3.05) is 19.8 Å². The Balaban J connectivity index is 1.65. The molecule has 5 heteroatoms. The highest BCUT2D eigenvalue weighted by Crippen LogP contribution is 2.31. The molecule has 0 aliphatic rings. The zero-order valence-corrected chi connectivity index (χ0v) is 23.4. The third-order valence-electron chi connectivity index (χ3n) is 6.56. The maximum Gasteiger partial charge on any atom is 0.251 e. The van der Waals surface area contributed by atoms with E-state index in [0.717, 1.165) is 39.6 Å². The molecule has 0 atom stereocenters. The Kier molecular flexibility index (Phi) is 9.26. The second-order valence-electron chi connectivity index (χ2n) is 11.2. The van der Waals surface area contributed by atoms with Crippen LogP contribution in [0.2, 0.25) is 0 Å². The summed E-state index contributed by atoms with van der Waals surface area (Å²) in [5.74, 6) is 0.000188. The summed E-state index contributed by atoms with van der Waals surface area (Å²) in [6.07, 6.45) is 3.81. The highest BCUT2D eigenvalue weighted by atomic mass is 16.5. The quantitative estimate of drug-likeness (QED) is 0.166. The van der Waals surface area contributed by atoms with Crippen molar-refractivity contribution >= 4 is 22.6 Å². The molecule has 0 aliphatic heterocycles. The van der Waals surface area contributed by atoms with Gasteiger partial charge in [0.25, 0.3) is 5.91 Å². The van der Waals surface area contributed by atoms with Crippen LogP contribution in [0.5, 0.6) is 0 Å². The fourth-order valence-electron chi connectivity index (χ4n) is 4.63. The Morgan fingerprint density at radius 1 is 0.897 bits per heavy atom. The van der Waals surface area contributed by atoms with E-state index in [0.29, 0.717) is 43.7 Å². The Hall–Kier alpha value is -3.83. The molecule has 3 aromatic carbocycles. The van der Waals surface area contributed by atoms with E-state index < -0.39 is 0 Å². The fraction of sp³-hybridized carbons (Fsp3) is 0.324. The summed E-state index contributed by atoms with van der Waals surface area (Å²) in [6, 6.07) is 24.0. The van der Waals surface area contributed by atoms with Crippen LogP contribution in [0.4, 0.5) is 0 Å². The number of ketones is 1. The lowest BCUT2D eigenvalue weighted by atomic mass is 9.85. The van der Waals surface area contributed by atoms with Gasteiger partial charge in [0.05, 0.1) is 12.1 Å². The first-order valence-corrected chi connectivity index (χ1v) is 13.7. The van der Waals surface area contributed by atoms with Gasteiger partial charge in [0.15, 0.2) is 5.78 Å². The van der Waals surface area contributed by atoms with E-state index in [2.05, 4.69) is 56.2 Å². The lowest BCUT2D eigenvalue weighted by Gasteiger charge is -2.19. The van der Waals surface area contributed by atoms with Crippen molar-refractivity contribution in [3.05, 3.63) is 101 Å². The van der Waals surface area contributed by atoms with Crippen LogP contribution in [0, 0.1) is 5.41 Å². The Bertz CT molecular complexity index is 1420. The molecule has 1 heterocycles. The molecule has 1 amide bonds. The number of benzene rings is 3. The van der Waals surface area contributed by atoms with Gasteiger partial charge in [0, 0.05) is 42.3 Å². The van der Waals surface area contributed by atoms with Gasteiger partial charge in [-0.25, -0.2) is 0 Å². The van der Waals surface area contributed by atoms with Crippen LogP contribution in [-0.4, -0.2) is 36.4 Å². The van der Waals surface area contributed by atoms with E-state index in [4.69, 9.17) is 4.74 Å². The number of nitrogens with one attached hydrogen (secondary N) is 1. The summed E-state index contributed by atoms with van der Waals surface area (Å²) in [5, 5.41) is 3.88. The number of carbonyl (C=O) groups excluding carboxylic acids is 2. The van der Waals surface area contributed by atoms with Gasteiger partial charge in [-0.05, 0) is 64.8 Å². The lowest BCUT2D eigenvalue weighted by molar-refractivity contribution is 0.0913. The van der Waals surface area contributed by atoms with Gasteiger partial charge in [-0.3, -0.25) is 14.6 Å². The third-order valence-corrected chi connectivity index (χ3v) is 6.56. The fourth-order valence-corrected chi connectivity index (χ4v) is 4.63. The standard InChI is InChI=1S/C34H38N2O3/c1-5-18-39-19-17-35-33(38)26-13-11-25(12-14-26)27-15-16-31-29(21-27)28(20-24-9-7-6-8-10-24)30(23-36-31)32(37)22-34(2,3)4/h6-16,21,23H,5,17-20,22H2,1-4H3,(H,35,38). The molecule has 0 spiro atoms. The second kappa shape index (κ2) is 12.8. The average Bonchev–Trinajstić information content (AvgIpc) is 2.92. The number of nitrogens with zero attached hydrogens (tertiary/aromatic N) is 1. The smallest absolute Gasteiger partial charge is 0.251 e. The second-order valence-corrected chi connectivity index (χ2v) is 11.2. The predicted molar refractivity (Wildman–Crippen MR) is 158 cm³/mol. The summed E-state index contributed by atoms with van der Waals surface area (Å²) in [5.41, 5.74) is 6.20. The zero-order valence-electron chi connectivity index (χ0n) is 23.4. The number of aromatic nitrogens is 1. The van der Waals surface area contributed by atoms with Crippen molar-refractivity contribution in [2.24, 2.45) is 5.41 Å². The van der Waals surface area contributed by atoms with Gasteiger partial charge in [-0.15, -0.1) is 0 Å². The number of hydrogen-bond acceptors (Lipinski definition) is 4. The van der Waals surface area contributed by atoms with Gasteiger partial charge < -0.3 is 10.1 Å². The Morgan fingerprint density at radius 2 is 1.62 bits per heavy atom. The number of amides is 1. The van der Waals surface area contributed by atoms with Crippen LogP contribution in [0.15, 0.2) is 79.0 Å². The maximum absolute atomic E-state index is 13.4. The van der Waals surface area contributed by atoms with E-state index in [9.17, 15) is 9.59 Å². The molecule has 4 aromatic rings. The summed E-state index contributed by atoms with van der Waals surface area (Å²) in [7, 11) is 0. The SMILES string of the molecule is CCCOCCNC(=O)c1ccc(-c2ccc3ncc(C(=O)CC(C)(C)C)c(Cc4ccccc4)c3c2)cc1. The van der Waals surface area contributed by atoms with Gasteiger partial charge >= 0.3 is 0 Å². The first-order valence-electron chi connectivity index (χ1n) is 13.7. The number of carbonyl (C=O) groups is 2. The molecular weight excluding hydrogens is 484 g/mol. The van der Waals surface area contributed by atoms with Gasteiger partial charge in [-0.1, -0.05) is 76.2 Å². The highest BCUT2D eigenvalue weighted by Gasteiger charge is 2.22. The van der Waals surface area contributed by atoms with Gasteiger partial charge in [0.1, 0.15) is 0 Å². The summed E-state index contributed by atoms with van der Waals surface area (Å²) in [4.78, 5) is 30.6. The first-order chi connectivity index (χ1) is 18.7. The van der Waals surface area contributed by atoms with E-state index in [1.165, 1.54) is 0 Å². The largest absolute Gasteiger partial charge is 0.380 e. The van der Waals surface area contributed by atoms with Gasteiger partial charge in [-0.2, -0.15) is 0 Å². The zero-order chi connectivity index (χ0) is 27.8. The monoisotopic (exact) mass is 522 g/mol. The molecule has 202 valence electrons. The van der Waals surface area contributed by atoms with E-state index >= 15 is 0 Å².